The molecule has 0 spiro atoms. The van der Waals surface area contributed by atoms with Gasteiger partial charge < -0.3 is 19.9 Å². The van der Waals surface area contributed by atoms with E-state index in [9.17, 15) is 9.59 Å². The molecule has 2 N–H and O–H groups in total. The lowest BCUT2D eigenvalue weighted by atomic mass is 9.78. The van der Waals surface area contributed by atoms with Gasteiger partial charge in [0.15, 0.2) is 5.60 Å². The Kier molecular flexibility index (Phi) is 4.60. The zero-order valence-electron chi connectivity index (χ0n) is 20.3. The Morgan fingerprint density at radius 2 is 1.86 bits per heavy atom. The summed E-state index contributed by atoms with van der Waals surface area (Å²) in [7, 11) is 1.58. The van der Waals surface area contributed by atoms with E-state index in [2.05, 4.69) is 0 Å². The lowest BCUT2D eigenvalue weighted by molar-refractivity contribution is -0.150. The summed E-state index contributed by atoms with van der Waals surface area (Å²) in [6, 6.07) is 13.1. The van der Waals surface area contributed by atoms with Crippen molar-refractivity contribution in [2.45, 2.75) is 26.4 Å². The van der Waals surface area contributed by atoms with Crippen LogP contribution in [0.25, 0.3) is 17.0 Å². The van der Waals surface area contributed by atoms with Crippen LogP contribution in [0.1, 0.15) is 52.2 Å². The van der Waals surface area contributed by atoms with Crippen molar-refractivity contribution in [1.82, 2.24) is 4.98 Å². The average molecular weight is 482 g/mol. The third-order valence-corrected chi connectivity index (χ3v) is 6.90. The lowest BCUT2D eigenvalue weighted by Crippen LogP contribution is -2.39. The number of benzene rings is 2. The van der Waals surface area contributed by atoms with E-state index >= 15 is 0 Å². The Morgan fingerprint density at radius 1 is 1.08 bits per heavy atom. The molecule has 3 aromatic rings. The zero-order chi connectivity index (χ0) is 25.4. The first-order valence-electron chi connectivity index (χ1n) is 11.6. The van der Waals surface area contributed by atoms with Crippen molar-refractivity contribution in [2.75, 3.05) is 13.7 Å². The number of hydrogen-bond acceptors (Lipinski definition) is 8. The predicted molar refractivity (Wildman–Crippen MR) is 133 cm³/mol. The average Bonchev–Trinajstić information content (AvgIpc) is 3.29. The van der Waals surface area contributed by atoms with Gasteiger partial charge in [0, 0.05) is 34.9 Å². The second-order valence-electron chi connectivity index (χ2n) is 8.85. The first-order chi connectivity index (χ1) is 17.3. The number of rotatable bonds is 4. The van der Waals surface area contributed by atoms with Gasteiger partial charge in [-0.1, -0.05) is 24.3 Å². The minimum Gasteiger partial charge on any atom is -0.497 e. The number of aromatic nitrogens is 1. The van der Waals surface area contributed by atoms with E-state index in [-0.39, 0.29) is 12.2 Å². The summed E-state index contributed by atoms with van der Waals surface area (Å²) in [5.74, 6) is -0.407. The van der Waals surface area contributed by atoms with Gasteiger partial charge in [-0.05, 0) is 32.0 Å². The van der Waals surface area contributed by atoms with Crippen LogP contribution in [-0.4, -0.2) is 36.4 Å². The van der Waals surface area contributed by atoms with E-state index in [1.807, 2.05) is 42.5 Å². The third kappa shape index (κ3) is 2.64. The third-order valence-electron chi connectivity index (χ3n) is 6.90. The molecule has 36 heavy (non-hydrogen) atoms. The highest BCUT2D eigenvalue weighted by Crippen LogP contribution is 2.62. The number of carbonyl (C=O) groups is 2. The Bertz CT molecular complexity index is 1590. The minimum atomic E-state index is -1.43. The van der Waals surface area contributed by atoms with Gasteiger partial charge in [0.2, 0.25) is 0 Å². The molecule has 0 saturated heterocycles. The number of methoxy groups -OCH3 is 1. The number of pyridine rings is 1. The highest BCUT2D eigenvalue weighted by molar-refractivity contribution is 6.28. The lowest BCUT2D eigenvalue weighted by Gasteiger charge is -2.37. The molecule has 8 heteroatoms. The van der Waals surface area contributed by atoms with Crippen molar-refractivity contribution in [3.8, 4) is 17.0 Å². The minimum absolute atomic E-state index is 0.196. The maximum atomic E-state index is 13.2. The first kappa shape index (κ1) is 22.0. The van der Waals surface area contributed by atoms with Crippen LogP contribution in [-0.2, 0) is 19.9 Å². The van der Waals surface area contributed by atoms with Crippen LogP contribution in [0.4, 0.5) is 5.69 Å². The summed E-state index contributed by atoms with van der Waals surface area (Å²) >= 11 is 0. The zero-order valence-corrected chi connectivity index (χ0v) is 20.3. The van der Waals surface area contributed by atoms with E-state index in [0.29, 0.717) is 45.4 Å². The van der Waals surface area contributed by atoms with Crippen molar-refractivity contribution >= 4 is 29.0 Å². The molecule has 180 valence electrons. The van der Waals surface area contributed by atoms with Crippen LogP contribution in [0.15, 0.2) is 53.0 Å². The fourth-order valence-corrected chi connectivity index (χ4v) is 5.60. The molecule has 0 saturated carbocycles. The van der Waals surface area contributed by atoms with Crippen molar-refractivity contribution in [3.05, 3.63) is 81.5 Å². The number of hydrogen-bond donors (Lipinski definition) is 1. The van der Waals surface area contributed by atoms with E-state index in [1.54, 1.807) is 21.0 Å². The standard InChI is InChI=1S/C28H23N3O5/c1-5-35-27(33)20-13(2)30-25-17-8-6-7-9-19(17)28(36-14(3)32)21-23(29)18-12-15(34-4)10-11-16(18)24(21)31-26(20)22(25)28/h6-12H,5,29H2,1-4H3. The number of nitrogens with two attached hydrogens (primary N) is 1. The molecule has 1 aliphatic heterocycles. The Morgan fingerprint density at radius 3 is 2.58 bits per heavy atom. The molecule has 2 heterocycles. The van der Waals surface area contributed by atoms with Gasteiger partial charge in [-0.2, -0.15) is 0 Å². The molecule has 0 radical (unpaired) electrons. The van der Waals surface area contributed by atoms with Crippen LogP contribution >= 0.6 is 0 Å². The molecule has 8 nitrogen and oxygen atoms in total. The number of aliphatic imine (C=N–C) groups is 1. The molecule has 2 aromatic carbocycles. The molecule has 6 rings (SSSR count). The summed E-state index contributed by atoms with van der Waals surface area (Å²) in [4.78, 5) is 35.7. The van der Waals surface area contributed by atoms with E-state index in [0.717, 1.165) is 22.3 Å². The topological polar surface area (TPSA) is 113 Å². The quantitative estimate of drug-likeness (QED) is 0.556. The van der Waals surface area contributed by atoms with Crippen LogP contribution in [0.2, 0.25) is 0 Å². The van der Waals surface area contributed by atoms with Crippen LogP contribution in [0, 0.1) is 6.92 Å². The molecule has 0 amide bonds. The van der Waals surface area contributed by atoms with Gasteiger partial charge >= 0.3 is 11.9 Å². The highest BCUT2D eigenvalue weighted by Gasteiger charge is 2.58. The molecule has 1 unspecified atom stereocenters. The fraction of sp³-hybridized carbons (Fsp3) is 0.214. The maximum Gasteiger partial charge on any atom is 0.342 e. The molecular formula is C28H23N3O5. The Labute approximate surface area is 207 Å². The number of ether oxygens (including phenoxy) is 3. The summed E-state index contributed by atoms with van der Waals surface area (Å²) in [6.07, 6.45) is 0. The number of nitrogens with zero attached hydrogens (tertiary/aromatic N) is 2. The van der Waals surface area contributed by atoms with Gasteiger partial charge in [0.1, 0.15) is 11.3 Å². The van der Waals surface area contributed by atoms with E-state index in [1.165, 1.54) is 6.92 Å². The summed E-state index contributed by atoms with van der Waals surface area (Å²) in [5, 5.41) is 0. The molecule has 0 fully saturated rings. The summed E-state index contributed by atoms with van der Waals surface area (Å²) in [6.45, 7) is 5.05. The SMILES string of the molecule is CCOC(=O)c1c(C)nc2c3c1N=C1C(=C(N)c4cc(OC)ccc41)C3(OC(C)=O)c1ccccc1-2. The molecule has 0 bridgehead atoms. The molecule has 1 atom stereocenters. The largest absolute Gasteiger partial charge is 0.497 e. The second-order valence-corrected chi connectivity index (χ2v) is 8.85. The van der Waals surface area contributed by atoms with Crippen molar-refractivity contribution < 1.29 is 23.8 Å². The normalized spacial score (nSPS) is 18.1. The number of fused-ring (bicyclic) bond motifs is 7. The Hall–Kier alpha value is -4.46. The van der Waals surface area contributed by atoms with E-state index < -0.39 is 17.5 Å². The van der Waals surface area contributed by atoms with Crippen LogP contribution in [0.3, 0.4) is 0 Å². The smallest absolute Gasteiger partial charge is 0.342 e. The van der Waals surface area contributed by atoms with Gasteiger partial charge in [0.25, 0.3) is 0 Å². The molecular weight excluding hydrogens is 458 g/mol. The van der Waals surface area contributed by atoms with E-state index in [4.69, 9.17) is 29.9 Å². The van der Waals surface area contributed by atoms with Crippen molar-refractivity contribution in [1.29, 1.82) is 0 Å². The summed E-state index contributed by atoms with van der Waals surface area (Å²) in [5.41, 5.74) is 12.1. The number of carbonyl (C=O) groups excluding carboxylic acids is 2. The van der Waals surface area contributed by atoms with Gasteiger partial charge in [0.05, 0.1) is 47.6 Å². The number of esters is 2. The summed E-state index contributed by atoms with van der Waals surface area (Å²) < 4.78 is 17.1. The number of aryl methyl sites for hydroxylation is 1. The highest BCUT2D eigenvalue weighted by atomic mass is 16.6. The fourth-order valence-electron chi connectivity index (χ4n) is 5.60. The molecule has 2 aliphatic carbocycles. The van der Waals surface area contributed by atoms with Gasteiger partial charge in [-0.15, -0.1) is 0 Å². The van der Waals surface area contributed by atoms with Crippen molar-refractivity contribution in [3.63, 3.8) is 0 Å². The second kappa shape index (κ2) is 7.52. The van der Waals surface area contributed by atoms with Crippen LogP contribution < -0.4 is 10.5 Å². The van der Waals surface area contributed by atoms with Crippen molar-refractivity contribution in [2.24, 2.45) is 10.7 Å². The first-order valence-corrected chi connectivity index (χ1v) is 11.6. The molecule has 1 aromatic heterocycles. The predicted octanol–water partition coefficient (Wildman–Crippen LogP) is 4.18. The molecule has 3 aliphatic rings. The van der Waals surface area contributed by atoms with Crippen LogP contribution in [0.5, 0.6) is 5.75 Å². The van der Waals surface area contributed by atoms with Gasteiger partial charge in [-0.25, -0.2) is 9.79 Å². The maximum absolute atomic E-state index is 13.2. The Balaban J connectivity index is 1.81. The van der Waals surface area contributed by atoms with Gasteiger partial charge in [-0.3, -0.25) is 9.78 Å². The monoisotopic (exact) mass is 481 g/mol.